The Balaban J connectivity index is 1.83. The van der Waals surface area contributed by atoms with Gasteiger partial charge >= 0.3 is 0 Å². The van der Waals surface area contributed by atoms with Crippen LogP contribution >= 0.6 is 0 Å². The lowest BCUT2D eigenvalue weighted by molar-refractivity contribution is -0.131. The van der Waals surface area contributed by atoms with Gasteiger partial charge in [0.25, 0.3) is 0 Å². The molecule has 0 aliphatic heterocycles. The van der Waals surface area contributed by atoms with E-state index >= 15 is 0 Å². The number of amides is 2. The van der Waals surface area contributed by atoms with Crippen molar-refractivity contribution in [2.45, 2.75) is 32.7 Å². The van der Waals surface area contributed by atoms with Gasteiger partial charge in [-0.25, -0.2) is 0 Å². The van der Waals surface area contributed by atoms with E-state index in [4.69, 9.17) is 5.73 Å². The molecule has 0 heterocycles. The summed E-state index contributed by atoms with van der Waals surface area (Å²) in [5.74, 6) is 0.133. The first-order chi connectivity index (χ1) is 12.4. The molecule has 2 amide bonds. The van der Waals surface area contributed by atoms with E-state index in [-0.39, 0.29) is 30.8 Å². The number of fused-ring (bicyclic) bond motifs is 1. The van der Waals surface area contributed by atoms with Gasteiger partial charge in [0.05, 0.1) is 13.0 Å². The summed E-state index contributed by atoms with van der Waals surface area (Å²) >= 11 is 0. The van der Waals surface area contributed by atoms with Crippen LogP contribution < -0.4 is 11.1 Å². The van der Waals surface area contributed by atoms with E-state index in [0.29, 0.717) is 12.5 Å². The maximum Gasteiger partial charge on any atom is 0.241 e. The number of hydrogen-bond acceptors (Lipinski definition) is 3. The molecule has 1 atom stereocenters. The van der Waals surface area contributed by atoms with Crippen LogP contribution in [0.3, 0.4) is 0 Å². The van der Waals surface area contributed by atoms with E-state index in [2.05, 4.69) is 19.2 Å². The third-order valence-electron chi connectivity index (χ3n) is 4.75. The number of nitrogens with zero attached hydrogens (tertiary/aromatic N) is 1. The van der Waals surface area contributed by atoms with Crippen LogP contribution in [-0.2, 0) is 16.0 Å². The number of likely N-dealkylation sites (N-methyl/N-ethyl adjacent to an activating group) is 1. The number of rotatable bonds is 8. The number of hydrogen-bond donors (Lipinski definition) is 2. The zero-order valence-electron chi connectivity index (χ0n) is 15.9. The molecule has 0 radical (unpaired) electrons. The molecule has 140 valence electrons. The molecule has 2 rings (SSSR count). The highest BCUT2D eigenvalue weighted by Gasteiger charge is 2.14. The van der Waals surface area contributed by atoms with Crippen molar-refractivity contribution in [1.29, 1.82) is 0 Å². The first-order valence-corrected chi connectivity index (χ1v) is 9.11. The lowest BCUT2D eigenvalue weighted by Crippen LogP contribution is -2.40. The first-order valence-electron chi connectivity index (χ1n) is 9.11. The number of carbonyl (C=O) groups excluding carboxylic acids is 2. The Bertz CT molecular complexity index is 753. The monoisotopic (exact) mass is 355 g/mol. The highest BCUT2D eigenvalue weighted by atomic mass is 16.2. The van der Waals surface area contributed by atoms with Crippen LogP contribution in [0.4, 0.5) is 0 Å². The van der Waals surface area contributed by atoms with Crippen molar-refractivity contribution in [2.75, 3.05) is 20.1 Å². The zero-order chi connectivity index (χ0) is 19.1. The average molecular weight is 355 g/mol. The van der Waals surface area contributed by atoms with Gasteiger partial charge in [0.2, 0.25) is 11.8 Å². The Hall–Kier alpha value is -2.40. The molecule has 5 heteroatoms. The van der Waals surface area contributed by atoms with E-state index in [0.717, 1.165) is 22.8 Å². The second-order valence-corrected chi connectivity index (χ2v) is 7.10. The third kappa shape index (κ3) is 5.56. The molecule has 3 N–H and O–H groups in total. The van der Waals surface area contributed by atoms with Crippen molar-refractivity contribution in [3.8, 4) is 0 Å². The van der Waals surface area contributed by atoms with Gasteiger partial charge in [0.1, 0.15) is 0 Å². The third-order valence-corrected chi connectivity index (χ3v) is 4.75. The van der Waals surface area contributed by atoms with E-state index < -0.39 is 0 Å². The minimum atomic E-state index is -0.151. The summed E-state index contributed by atoms with van der Waals surface area (Å²) in [5, 5.41) is 4.90. The second-order valence-electron chi connectivity index (χ2n) is 7.10. The zero-order valence-corrected chi connectivity index (χ0v) is 15.9. The number of benzene rings is 2. The van der Waals surface area contributed by atoms with Crippen molar-refractivity contribution in [3.63, 3.8) is 0 Å². The number of nitrogens with one attached hydrogen (secondary N) is 1. The predicted molar refractivity (Wildman–Crippen MR) is 106 cm³/mol. The van der Waals surface area contributed by atoms with Gasteiger partial charge in [-0.3, -0.25) is 9.59 Å². The van der Waals surface area contributed by atoms with Crippen LogP contribution in [-0.4, -0.2) is 42.9 Å². The van der Waals surface area contributed by atoms with Crippen molar-refractivity contribution >= 4 is 22.6 Å². The SMILES string of the molecule is CC(C)C(N)CCN(C)C(=O)CNC(=O)Cc1cccc2ccccc12. The number of carbonyl (C=O) groups is 2. The Labute approximate surface area is 155 Å². The fraction of sp³-hybridized carbons (Fsp3) is 0.429. The maximum absolute atomic E-state index is 12.2. The van der Waals surface area contributed by atoms with Gasteiger partial charge in [-0.1, -0.05) is 56.3 Å². The fourth-order valence-corrected chi connectivity index (χ4v) is 2.79. The van der Waals surface area contributed by atoms with Crippen LogP contribution in [0.15, 0.2) is 42.5 Å². The van der Waals surface area contributed by atoms with Gasteiger partial charge in [0, 0.05) is 19.6 Å². The topological polar surface area (TPSA) is 75.4 Å². The molecule has 0 fully saturated rings. The Morgan fingerprint density at radius 1 is 1.12 bits per heavy atom. The van der Waals surface area contributed by atoms with Crippen molar-refractivity contribution in [1.82, 2.24) is 10.2 Å². The predicted octanol–water partition coefficient (Wildman–Crippen LogP) is 2.33. The van der Waals surface area contributed by atoms with Crippen molar-refractivity contribution in [3.05, 3.63) is 48.0 Å². The normalized spacial score (nSPS) is 12.2. The van der Waals surface area contributed by atoms with Crippen LogP contribution in [0.2, 0.25) is 0 Å². The lowest BCUT2D eigenvalue weighted by atomic mass is 10.0. The molecule has 26 heavy (non-hydrogen) atoms. The summed E-state index contributed by atoms with van der Waals surface area (Å²) in [6.07, 6.45) is 1.01. The van der Waals surface area contributed by atoms with Crippen LogP contribution in [0, 0.1) is 5.92 Å². The molecule has 0 saturated carbocycles. The van der Waals surface area contributed by atoms with E-state index in [1.807, 2.05) is 42.5 Å². The van der Waals surface area contributed by atoms with E-state index in [9.17, 15) is 9.59 Å². The summed E-state index contributed by atoms with van der Waals surface area (Å²) in [7, 11) is 1.74. The first kappa shape index (κ1) is 19.9. The van der Waals surface area contributed by atoms with Crippen LogP contribution in [0.1, 0.15) is 25.8 Å². The molecule has 1 unspecified atom stereocenters. The molecule has 2 aromatic carbocycles. The maximum atomic E-state index is 12.2. The molecular formula is C21H29N3O2. The molecular weight excluding hydrogens is 326 g/mol. The molecule has 0 spiro atoms. The molecule has 2 aromatic rings. The van der Waals surface area contributed by atoms with Gasteiger partial charge in [0.15, 0.2) is 0 Å². The lowest BCUT2D eigenvalue weighted by Gasteiger charge is -2.21. The summed E-state index contributed by atoms with van der Waals surface area (Å²) in [5.41, 5.74) is 6.97. The molecule has 0 saturated heterocycles. The Morgan fingerprint density at radius 2 is 1.81 bits per heavy atom. The Morgan fingerprint density at radius 3 is 2.54 bits per heavy atom. The largest absolute Gasteiger partial charge is 0.347 e. The van der Waals surface area contributed by atoms with Gasteiger partial charge in [-0.05, 0) is 28.7 Å². The average Bonchev–Trinajstić information content (AvgIpc) is 2.64. The smallest absolute Gasteiger partial charge is 0.241 e. The summed E-state index contributed by atoms with van der Waals surface area (Å²) < 4.78 is 0. The summed E-state index contributed by atoms with van der Waals surface area (Å²) in [6, 6.07) is 14.0. The van der Waals surface area contributed by atoms with E-state index in [1.165, 1.54) is 0 Å². The molecule has 0 bridgehead atoms. The van der Waals surface area contributed by atoms with Crippen molar-refractivity contribution in [2.24, 2.45) is 11.7 Å². The minimum Gasteiger partial charge on any atom is -0.347 e. The fourth-order valence-electron chi connectivity index (χ4n) is 2.79. The molecule has 0 aliphatic carbocycles. The highest BCUT2D eigenvalue weighted by molar-refractivity contribution is 5.91. The summed E-state index contributed by atoms with van der Waals surface area (Å²) in [4.78, 5) is 26.0. The molecule has 0 aromatic heterocycles. The van der Waals surface area contributed by atoms with Crippen molar-refractivity contribution < 1.29 is 9.59 Å². The minimum absolute atomic E-state index is 0.0109. The van der Waals surface area contributed by atoms with Crippen LogP contribution in [0.25, 0.3) is 10.8 Å². The highest BCUT2D eigenvalue weighted by Crippen LogP contribution is 2.18. The summed E-state index contributed by atoms with van der Waals surface area (Å²) in [6.45, 7) is 4.74. The van der Waals surface area contributed by atoms with Gasteiger partial charge in [-0.2, -0.15) is 0 Å². The second kappa shape index (κ2) is 9.34. The van der Waals surface area contributed by atoms with Gasteiger partial charge < -0.3 is 16.0 Å². The molecule has 5 nitrogen and oxygen atoms in total. The number of nitrogens with two attached hydrogens (primary N) is 1. The van der Waals surface area contributed by atoms with Crippen LogP contribution in [0.5, 0.6) is 0 Å². The quantitative estimate of drug-likeness (QED) is 0.763. The van der Waals surface area contributed by atoms with E-state index in [1.54, 1.807) is 11.9 Å². The standard InChI is InChI=1S/C21H29N3O2/c1-15(2)19(22)11-12-24(3)21(26)14-23-20(25)13-17-9-6-8-16-7-4-5-10-18(16)17/h4-10,15,19H,11-14,22H2,1-3H3,(H,23,25). The van der Waals surface area contributed by atoms with Gasteiger partial charge in [-0.15, -0.1) is 0 Å². The Kier molecular flexibility index (Phi) is 7.16. The molecule has 0 aliphatic rings.